The zero-order valence-electron chi connectivity index (χ0n) is 14.5. The highest BCUT2D eigenvalue weighted by atomic mass is 16.5. The van der Waals surface area contributed by atoms with E-state index in [1.807, 2.05) is 0 Å². The summed E-state index contributed by atoms with van der Waals surface area (Å²) in [4.78, 5) is 2.36. The van der Waals surface area contributed by atoms with Gasteiger partial charge in [-0.3, -0.25) is 0 Å². The first-order chi connectivity index (χ1) is 11.3. The van der Waals surface area contributed by atoms with E-state index in [1.54, 1.807) is 0 Å². The number of hydrogen-bond acceptors (Lipinski definition) is 4. The number of rotatable bonds is 6. The molecule has 4 heteroatoms. The van der Waals surface area contributed by atoms with Crippen LogP contribution in [0.4, 0.5) is 5.69 Å². The van der Waals surface area contributed by atoms with Crippen LogP contribution in [0.2, 0.25) is 0 Å². The minimum Gasteiger partial charge on any atom is -0.379 e. The van der Waals surface area contributed by atoms with E-state index < -0.39 is 0 Å². The molecule has 0 aromatic heterocycles. The van der Waals surface area contributed by atoms with Crippen molar-refractivity contribution < 1.29 is 4.74 Å². The first kappa shape index (κ1) is 16.7. The van der Waals surface area contributed by atoms with E-state index in [-0.39, 0.29) is 0 Å². The van der Waals surface area contributed by atoms with Crippen molar-refractivity contribution in [3.05, 3.63) is 30.3 Å². The summed E-state index contributed by atoms with van der Waals surface area (Å²) in [5.74, 6) is 0.713. The molecule has 23 heavy (non-hydrogen) atoms. The van der Waals surface area contributed by atoms with Gasteiger partial charge in [-0.1, -0.05) is 24.6 Å². The lowest BCUT2D eigenvalue weighted by atomic mass is 9.94. The molecule has 1 saturated carbocycles. The minimum atomic E-state index is 0.481. The second-order valence-corrected chi connectivity index (χ2v) is 7.04. The minimum absolute atomic E-state index is 0.481. The summed E-state index contributed by atoms with van der Waals surface area (Å²) in [7, 11) is 2.18. The molecule has 0 spiro atoms. The molecule has 0 amide bonds. The lowest BCUT2D eigenvalue weighted by Gasteiger charge is -2.34. The van der Waals surface area contributed by atoms with Gasteiger partial charge < -0.3 is 20.3 Å². The molecule has 2 fully saturated rings. The molecule has 1 heterocycles. The zero-order valence-corrected chi connectivity index (χ0v) is 14.5. The number of nitrogens with zero attached hydrogens (tertiary/aromatic N) is 1. The van der Waals surface area contributed by atoms with E-state index in [2.05, 4.69) is 59.8 Å². The molecule has 1 aliphatic carbocycles. The Balaban J connectivity index is 1.50. The fourth-order valence-corrected chi connectivity index (χ4v) is 3.96. The molecule has 4 atom stereocenters. The number of anilines is 1. The van der Waals surface area contributed by atoms with Crippen LogP contribution in [0.15, 0.2) is 30.3 Å². The third-order valence-corrected chi connectivity index (χ3v) is 5.54. The largest absolute Gasteiger partial charge is 0.379 e. The normalized spacial score (nSPS) is 29.4. The molecule has 2 aliphatic rings. The van der Waals surface area contributed by atoms with Gasteiger partial charge in [0.15, 0.2) is 0 Å². The van der Waals surface area contributed by atoms with Crippen LogP contribution in [0.25, 0.3) is 0 Å². The summed E-state index contributed by atoms with van der Waals surface area (Å²) in [5.41, 5.74) is 1.28. The number of likely N-dealkylation sites (N-methyl/N-ethyl adjacent to an activating group) is 1. The quantitative estimate of drug-likeness (QED) is 0.844. The molecule has 1 aromatic carbocycles. The third kappa shape index (κ3) is 4.25. The maximum Gasteiger partial charge on any atom is 0.0623 e. The Morgan fingerprint density at radius 2 is 2.13 bits per heavy atom. The molecule has 0 bridgehead atoms. The molecule has 1 aliphatic heterocycles. The number of ether oxygens (including phenoxy) is 1. The second kappa shape index (κ2) is 8.13. The molecule has 128 valence electrons. The van der Waals surface area contributed by atoms with Crippen LogP contribution in [0.1, 0.15) is 26.2 Å². The summed E-state index contributed by atoms with van der Waals surface area (Å²) in [6.45, 7) is 6.07. The fourth-order valence-electron chi connectivity index (χ4n) is 3.96. The van der Waals surface area contributed by atoms with Crippen molar-refractivity contribution in [2.45, 2.75) is 44.3 Å². The summed E-state index contributed by atoms with van der Waals surface area (Å²) in [6, 6.07) is 12.3. The molecule has 4 unspecified atom stereocenters. The summed E-state index contributed by atoms with van der Waals surface area (Å²) in [6.07, 6.45) is 3.95. The van der Waals surface area contributed by atoms with Crippen molar-refractivity contribution in [2.24, 2.45) is 5.92 Å². The standard InChI is InChI=1S/C19H31N3O/c1-15(22(2)16-7-4-3-5-8-16)13-21-18-10-6-9-17(18)19-14-23-12-11-20-19/h3-5,7-8,15,17-21H,6,9-14H2,1-2H3. The molecule has 0 radical (unpaired) electrons. The average molecular weight is 317 g/mol. The van der Waals surface area contributed by atoms with Gasteiger partial charge in [-0.05, 0) is 37.8 Å². The Bertz CT molecular complexity index is 461. The van der Waals surface area contributed by atoms with Crippen LogP contribution >= 0.6 is 0 Å². The van der Waals surface area contributed by atoms with Crippen molar-refractivity contribution in [3.63, 3.8) is 0 Å². The van der Waals surface area contributed by atoms with Gasteiger partial charge >= 0.3 is 0 Å². The van der Waals surface area contributed by atoms with Gasteiger partial charge in [0.2, 0.25) is 0 Å². The maximum atomic E-state index is 5.67. The lowest BCUT2D eigenvalue weighted by Crippen LogP contribution is -2.52. The lowest BCUT2D eigenvalue weighted by molar-refractivity contribution is 0.0525. The van der Waals surface area contributed by atoms with E-state index in [0.717, 1.165) is 26.3 Å². The predicted molar refractivity (Wildman–Crippen MR) is 96.0 cm³/mol. The van der Waals surface area contributed by atoms with Crippen molar-refractivity contribution in [2.75, 3.05) is 38.3 Å². The fraction of sp³-hybridized carbons (Fsp3) is 0.684. The Morgan fingerprint density at radius 1 is 1.30 bits per heavy atom. The first-order valence-electron chi connectivity index (χ1n) is 9.08. The molecule has 2 N–H and O–H groups in total. The number of morpholine rings is 1. The maximum absolute atomic E-state index is 5.67. The Hall–Kier alpha value is -1.10. The Morgan fingerprint density at radius 3 is 2.87 bits per heavy atom. The summed E-state index contributed by atoms with van der Waals surface area (Å²) < 4.78 is 5.67. The van der Waals surface area contributed by atoms with Crippen LogP contribution in [-0.4, -0.2) is 51.5 Å². The molecule has 4 nitrogen and oxygen atoms in total. The zero-order chi connectivity index (χ0) is 16.1. The van der Waals surface area contributed by atoms with Gasteiger partial charge in [-0.15, -0.1) is 0 Å². The van der Waals surface area contributed by atoms with Crippen LogP contribution < -0.4 is 15.5 Å². The van der Waals surface area contributed by atoms with Crippen molar-refractivity contribution in [1.29, 1.82) is 0 Å². The molecular weight excluding hydrogens is 286 g/mol. The van der Waals surface area contributed by atoms with E-state index in [0.29, 0.717) is 24.0 Å². The Kier molecular flexibility index (Phi) is 5.92. The number of benzene rings is 1. The molecule has 1 aromatic rings. The highest BCUT2D eigenvalue weighted by molar-refractivity contribution is 5.45. The van der Waals surface area contributed by atoms with Crippen molar-refractivity contribution in [1.82, 2.24) is 10.6 Å². The van der Waals surface area contributed by atoms with Crippen LogP contribution in [0.3, 0.4) is 0 Å². The van der Waals surface area contributed by atoms with Crippen LogP contribution in [-0.2, 0) is 4.74 Å². The number of nitrogens with one attached hydrogen (secondary N) is 2. The smallest absolute Gasteiger partial charge is 0.0623 e. The van der Waals surface area contributed by atoms with E-state index in [4.69, 9.17) is 4.74 Å². The highest BCUT2D eigenvalue weighted by Crippen LogP contribution is 2.29. The molecule has 3 rings (SSSR count). The average Bonchev–Trinajstić information content (AvgIpc) is 3.09. The Labute approximate surface area is 140 Å². The van der Waals surface area contributed by atoms with Gasteiger partial charge in [-0.2, -0.15) is 0 Å². The number of hydrogen-bond donors (Lipinski definition) is 2. The van der Waals surface area contributed by atoms with Gasteiger partial charge in [0.05, 0.1) is 13.2 Å². The second-order valence-electron chi connectivity index (χ2n) is 7.04. The molecule has 1 saturated heterocycles. The SMILES string of the molecule is CC(CNC1CCCC1C1COCCN1)N(C)c1ccccc1. The van der Waals surface area contributed by atoms with Crippen LogP contribution in [0.5, 0.6) is 0 Å². The van der Waals surface area contributed by atoms with E-state index in [1.165, 1.54) is 24.9 Å². The monoisotopic (exact) mass is 317 g/mol. The summed E-state index contributed by atoms with van der Waals surface area (Å²) >= 11 is 0. The predicted octanol–water partition coefficient (Wildman–Crippen LogP) is 2.26. The van der Waals surface area contributed by atoms with Gasteiger partial charge in [0.25, 0.3) is 0 Å². The highest BCUT2D eigenvalue weighted by Gasteiger charge is 2.34. The van der Waals surface area contributed by atoms with Gasteiger partial charge in [-0.25, -0.2) is 0 Å². The van der Waals surface area contributed by atoms with Gasteiger partial charge in [0, 0.05) is 44.0 Å². The van der Waals surface area contributed by atoms with Crippen LogP contribution in [0, 0.1) is 5.92 Å². The first-order valence-corrected chi connectivity index (χ1v) is 9.08. The van der Waals surface area contributed by atoms with E-state index >= 15 is 0 Å². The van der Waals surface area contributed by atoms with Crippen molar-refractivity contribution in [3.8, 4) is 0 Å². The summed E-state index contributed by atoms with van der Waals surface area (Å²) in [5, 5.41) is 7.49. The van der Waals surface area contributed by atoms with Crippen molar-refractivity contribution >= 4 is 5.69 Å². The number of para-hydroxylation sites is 1. The van der Waals surface area contributed by atoms with Gasteiger partial charge in [0.1, 0.15) is 0 Å². The molecular formula is C19H31N3O. The van der Waals surface area contributed by atoms with E-state index in [9.17, 15) is 0 Å². The third-order valence-electron chi connectivity index (χ3n) is 5.54. The topological polar surface area (TPSA) is 36.5 Å².